The van der Waals surface area contributed by atoms with Crippen LogP contribution in [-0.4, -0.2) is 12.2 Å². The van der Waals surface area contributed by atoms with Crippen molar-refractivity contribution in [2.75, 3.05) is 0 Å². The van der Waals surface area contributed by atoms with Crippen LogP contribution < -0.4 is 15.9 Å². The fourth-order valence-corrected chi connectivity index (χ4v) is 1.98. The van der Waals surface area contributed by atoms with Gasteiger partial charge in [-0.3, -0.25) is 0 Å². The van der Waals surface area contributed by atoms with Gasteiger partial charge in [0.25, 0.3) is 0 Å². The zero-order chi connectivity index (χ0) is 15.1. The molecule has 0 unspecified atom stereocenters. The molecular formula is C15H14BrN3O2. The fourth-order valence-electron chi connectivity index (χ4n) is 1.62. The lowest BCUT2D eigenvalue weighted by molar-refractivity contribution is 0.249. The molecule has 0 bridgehead atoms. The molecular weight excluding hydrogens is 334 g/mol. The Morgan fingerprint density at radius 2 is 2.05 bits per heavy atom. The molecule has 0 aliphatic carbocycles. The molecule has 0 saturated heterocycles. The van der Waals surface area contributed by atoms with Gasteiger partial charge in [0.15, 0.2) is 0 Å². The minimum atomic E-state index is -0.705. The Bertz CT molecular complexity index is 645. The van der Waals surface area contributed by atoms with E-state index in [0.29, 0.717) is 12.4 Å². The van der Waals surface area contributed by atoms with Crippen LogP contribution in [0.1, 0.15) is 11.1 Å². The lowest BCUT2D eigenvalue weighted by Gasteiger charge is -2.09. The number of hydrogen-bond donors (Lipinski definition) is 2. The van der Waals surface area contributed by atoms with Gasteiger partial charge in [0.1, 0.15) is 12.4 Å². The lowest BCUT2D eigenvalue weighted by atomic mass is 10.2. The van der Waals surface area contributed by atoms with E-state index in [2.05, 4.69) is 26.5 Å². The summed E-state index contributed by atoms with van der Waals surface area (Å²) in [5.74, 6) is 0.696. The SMILES string of the molecule is NC(=O)NN=Cc1ccc(Br)c(OCc2ccccc2)c1. The number of nitrogens with two attached hydrogens (primary N) is 1. The third-order valence-electron chi connectivity index (χ3n) is 2.58. The third-order valence-corrected chi connectivity index (χ3v) is 3.24. The quantitative estimate of drug-likeness (QED) is 0.644. The lowest BCUT2D eigenvalue weighted by Crippen LogP contribution is -2.24. The van der Waals surface area contributed by atoms with Gasteiger partial charge in [0, 0.05) is 0 Å². The minimum Gasteiger partial charge on any atom is -0.488 e. The van der Waals surface area contributed by atoms with E-state index in [1.807, 2.05) is 48.5 Å². The van der Waals surface area contributed by atoms with E-state index >= 15 is 0 Å². The van der Waals surface area contributed by atoms with Crippen molar-refractivity contribution >= 4 is 28.2 Å². The molecule has 21 heavy (non-hydrogen) atoms. The molecule has 0 aromatic heterocycles. The first-order valence-electron chi connectivity index (χ1n) is 6.20. The highest BCUT2D eigenvalue weighted by molar-refractivity contribution is 9.10. The van der Waals surface area contributed by atoms with Crippen LogP contribution in [0.5, 0.6) is 5.75 Å². The number of benzene rings is 2. The second-order valence-corrected chi connectivity index (χ2v) is 5.05. The van der Waals surface area contributed by atoms with E-state index in [0.717, 1.165) is 15.6 Å². The standard InChI is InChI=1S/C15H14BrN3O2/c16-13-7-6-12(9-18-19-15(17)20)8-14(13)21-10-11-4-2-1-3-5-11/h1-9H,10H2,(H3,17,19,20). The van der Waals surface area contributed by atoms with E-state index < -0.39 is 6.03 Å². The van der Waals surface area contributed by atoms with Crippen molar-refractivity contribution in [2.45, 2.75) is 6.61 Å². The predicted molar refractivity (Wildman–Crippen MR) is 85.2 cm³/mol. The van der Waals surface area contributed by atoms with Crippen LogP contribution in [0.15, 0.2) is 58.1 Å². The Hall–Kier alpha value is -2.34. The maximum absolute atomic E-state index is 10.5. The summed E-state index contributed by atoms with van der Waals surface area (Å²) >= 11 is 3.44. The number of nitrogens with zero attached hydrogens (tertiary/aromatic N) is 1. The number of rotatable bonds is 5. The molecule has 6 heteroatoms. The summed E-state index contributed by atoms with van der Waals surface area (Å²) in [6, 6.07) is 14.7. The highest BCUT2D eigenvalue weighted by atomic mass is 79.9. The smallest absolute Gasteiger partial charge is 0.332 e. The van der Waals surface area contributed by atoms with Crippen LogP contribution in [0.3, 0.4) is 0 Å². The number of urea groups is 1. The molecule has 0 aliphatic heterocycles. The highest BCUT2D eigenvalue weighted by Gasteiger charge is 2.03. The number of amides is 2. The Morgan fingerprint density at radius 3 is 2.76 bits per heavy atom. The number of hydrazone groups is 1. The number of carbonyl (C=O) groups is 1. The number of nitrogens with one attached hydrogen (secondary N) is 1. The van der Waals surface area contributed by atoms with Crippen molar-refractivity contribution < 1.29 is 9.53 Å². The largest absolute Gasteiger partial charge is 0.488 e. The van der Waals surface area contributed by atoms with Gasteiger partial charge in [-0.25, -0.2) is 10.2 Å². The zero-order valence-electron chi connectivity index (χ0n) is 11.1. The van der Waals surface area contributed by atoms with Crippen molar-refractivity contribution in [3.05, 3.63) is 64.1 Å². The summed E-state index contributed by atoms with van der Waals surface area (Å²) in [5, 5.41) is 3.71. The predicted octanol–water partition coefficient (Wildman–Crippen LogP) is 3.03. The van der Waals surface area contributed by atoms with E-state index in [-0.39, 0.29) is 0 Å². The van der Waals surface area contributed by atoms with Gasteiger partial charge in [0.05, 0.1) is 10.7 Å². The van der Waals surface area contributed by atoms with Crippen LogP contribution in [0, 0.1) is 0 Å². The van der Waals surface area contributed by atoms with Gasteiger partial charge in [-0.1, -0.05) is 36.4 Å². The Kier molecular flexibility index (Phi) is 5.34. The first kappa shape index (κ1) is 15.1. The number of hydrogen-bond acceptors (Lipinski definition) is 3. The molecule has 0 saturated carbocycles. The molecule has 0 heterocycles. The van der Waals surface area contributed by atoms with Gasteiger partial charge in [-0.05, 0) is 39.2 Å². The van der Waals surface area contributed by atoms with Crippen LogP contribution >= 0.6 is 15.9 Å². The van der Waals surface area contributed by atoms with Crippen LogP contribution in [0.2, 0.25) is 0 Å². The summed E-state index contributed by atoms with van der Waals surface area (Å²) in [7, 11) is 0. The summed E-state index contributed by atoms with van der Waals surface area (Å²) < 4.78 is 6.62. The number of primary amides is 1. The maximum Gasteiger partial charge on any atom is 0.332 e. The molecule has 2 aromatic rings. The van der Waals surface area contributed by atoms with Crippen molar-refractivity contribution in [1.29, 1.82) is 0 Å². The van der Waals surface area contributed by atoms with E-state index in [1.165, 1.54) is 6.21 Å². The highest BCUT2D eigenvalue weighted by Crippen LogP contribution is 2.26. The molecule has 2 amide bonds. The Balaban J connectivity index is 2.05. The van der Waals surface area contributed by atoms with Gasteiger partial charge in [0.2, 0.25) is 0 Å². The Labute approximate surface area is 130 Å². The molecule has 0 spiro atoms. The number of carbonyl (C=O) groups excluding carboxylic acids is 1. The number of ether oxygens (including phenoxy) is 1. The van der Waals surface area contributed by atoms with Crippen molar-refractivity contribution in [3.63, 3.8) is 0 Å². The average molecular weight is 348 g/mol. The van der Waals surface area contributed by atoms with E-state index in [9.17, 15) is 4.79 Å². The molecule has 0 radical (unpaired) electrons. The van der Waals surface area contributed by atoms with E-state index in [4.69, 9.17) is 10.5 Å². The van der Waals surface area contributed by atoms with Crippen molar-refractivity contribution in [1.82, 2.24) is 5.43 Å². The topological polar surface area (TPSA) is 76.7 Å². The van der Waals surface area contributed by atoms with Crippen LogP contribution in [0.25, 0.3) is 0 Å². The van der Waals surface area contributed by atoms with Crippen LogP contribution in [0.4, 0.5) is 4.79 Å². The van der Waals surface area contributed by atoms with E-state index in [1.54, 1.807) is 0 Å². The second kappa shape index (κ2) is 7.44. The van der Waals surface area contributed by atoms with Gasteiger partial charge in [-0.15, -0.1) is 0 Å². The normalized spacial score (nSPS) is 10.5. The van der Waals surface area contributed by atoms with Gasteiger partial charge in [-0.2, -0.15) is 5.10 Å². The number of halogens is 1. The molecule has 2 rings (SSSR count). The molecule has 108 valence electrons. The molecule has 0 atom stereocenters. The molecule has 0 fully saturated rings. The summed E-state index contributed by atoms with van der Waals surface area (Å²) in [4.78, 5) is 10.5. The molecule has 5 nitrogen and oxygen atoms in total. The van der Waals surface area contributed by atoms with Crippen molar-refractivity contribution in [2.24, 2.45) is 10.8 Å². The Morgan fingerprint density at radius 1 is 1.29 bits per heavy atom. The zero-order valence-corrected chi connectivity index (χ0v) is 12.7. The summed E-state index contributed by atoms with van der Waals surface area (Å²) in [6.07, 6.45) is 1.49. The molecule has 0 aliphatic rings. The third kappa shape index (κ3) is 4.92. The first-order chi connectivity index (χ1) is 10.1. The summed E-state index contributed by atoms with van der Waals surface area (Å²) in [5.41, 5.74) is 8.94. The first-order valence-corrected chi connectivity index (χ1v) is 6.99. The molecule has 2 aromatic carbocycles. The fraction of sp³-hybridized carbons (Fsp3) is 0.0667. The minimum absolute atomic E-state index is 0.472. The monoisotopic (exact) mass is 347 g/mol. The van der Waals surface area contributed by atoms with Crippen LogP contribution in [-0.2, 0) is 6.61 Å². The maximum atomic E-state index is 10.5. The average Bonchev–Trinajstić information content (AvgIpc) is 2.48. The second-order valence-electron chi connectivity index (χ2n) is 4.20. The summed E-state index contributed by atoms with van der Waals surface area (Å²) in [6.45, 7) is 0.472. The van der Waals surface area contributed by atoms with Crippen molar-refractivity contribution in [3.8, 4) is 5.75 Å². The van der Waals surface area contributed by atoms with Gasteiger partial charge >= 0.3 is 6.03 Å². The van der Waals surface area contributed by atoms with Gasteiger partial charge < -0.3 is 10.5 Å². The molecule has 3 N–H and O–H groups in total.